The number of para-hydroxylation sites is 1. The molecule has 4 nitrogen and oxygen atoms in total. The lowest BCUT2D eigenvalue weighted by Crippen LogP contribution is -2.22. The van der Waals surface area contributed by atoms with Gasteiger partial charge in [0, 0.05) is 11.8 Å². The van der Waals surface area contributed by atoms with Crippen molar-refractivity contribution in [1.29, 1.82) is 0 Å². The molecule has 1 N–H and O–H groups in total. The number of benzene rings is 2. The first-order valence-corrected chi connectivity index (χ1v) is 9.62. The van der Waals surface area contributed by atoms with E-state index in [1.54, 1.807) is 6.08 Å². The van der Waals surface area contributed by atoms with Crippen LogP contribution in [0.5, 0.6) is 0 Å². The Kier molecular flexibility index (Phi) is 7.56. The second-order valence-corrected chi connectivity index (χ2v) is 7.52. The van der Waals surface area contributed by atoms with E-state index in [1.165, 1.54) is 6.08 Å². The summed E-state index contributed by atoms with van der Waals surface area (Å²) in [4.78, 5) is 24.3. The predicted molar refractivity (Wildman–Crippen MR) is 114 cm³/mol. The van der Waals surface area contributed by atoms with E-state index in [2.05, 4.69) is 33.0 Å². The average molecular weight is 380 g/mol. The molecule has 0 fully saturated rings. The highest BCUT2D eigenvalue weighted by Gasteiger charge is 2.16. The summed E-state index contributed by atoms with van der Waals surface area (Å²) in [6.45, 7) is 10.0. The van der Waals surface area contributed by atoms with Gasteiger partial charge < -0.3 is 10.1 Å². The van der Waals surface area contributed by atoms with Crippen LogP contribution in [0.2, 0.25) is 0 Å². The zero-order valence-electron chi connectivity index (χ0n) is 17.3. The third-order valence-electron chi connectivity index (χ3n) is 4.47. The molecule has 0 bridgehead atoms. The van der Waals surface area contributed by atoms with Gasteiger partial charge in [0.05, 0.1) is 0 Å². The van der Waals surface area contributed by atoms with Gasteiger partial charge in [-0.1, -0.05) is 75.7 Å². The highest BCUT2D eigenvalue weighted by atomic mass is 16.5. The number of esters is 1. The Bertz CT molecular complexity index is 822. The Morgan fingerprint density at radius 3 is 2.07 bits per heavy atom. The maximum Gasteiger partial charge on any atom is 0.331 e. The van der Waals surface area contributed by atoms with Crippen molar-refractivity contribution in [3.8, 4) is 0 Å². The predicted octanol–water partition coefficient (Wildman–Crippen LogP) is 5.44. The Morgan fingerprint density at radius 2 is 1.54 bits per heavy atom. The lowest BCUT2D eigenvalue weighted by Gasteiger charge is -2.20. The first kappa shape index (κ1) is 21.4. The zero-order chi connectivity index (χ0) is 20.7. The number of carbonyl (C=O) groups excluding carboxylic acids is 2. The fraction of sp³-hybridized carbons (Fsp3) is 0.333. The third-order valence-corrected chi connectivity index (χ3v) is 4.47. The van der Waals surface area contributed by atoms with E-state index in [0.717, 1.165) is 27.9 Å². The van der Waals surface area contributed by atoms with E-state index in [9.17, 15) is 9.59 Å². The van der Waals surface area contributed by atoms with Crippen LogP contribution in [0, 0.1) is 6.92 Å². The third kappa shape index (κ3) is 6.08. The zero-order valence-corrected chi connectivity index (χ0v) is 17.3. The molecule has 148 valence electrons. The molecule has 0 saturated heterocycles. The monoisotopic (exact) mass is 379 g/mol. The highest BCUT2D eigenvalue weighted by molar-refractivity contribution is 5.96. The van der Waals surface area contributed by atoms with Crippen LogP contribution < -0.4 is 5.32 Å². The molecule has 1 amide bonds. The number of carbonyl (C=O) groups is 2. The number of amides is 1. The molecule has 2 aromatic carbocycles. The average Bonchev–Trinajstić information content (AvgIpc) is 2.65. The van der Waals surface area contributed by atoms with Crippen LogP contribution in [0.15, 0.2) is 48.5 Å². The number of rotatable bonds is 7. The van der Waals surface area contributed by atoms with Crippen LogP contribution in [0.25, 0.3) is 6.08 Å². The smallest absolute Gasteiger partial charge is 0.331 e. The topological polar surface area (TPSA) is 55.4 Å². The molecular weight excluding hydrogens is 350 g/mol. The minimum Gasteiger partial charge on any atom is -0.452 e. The summed E-state index contributed by atoms with van der Waals surface area (Å²) in [6, 6.07) is 13.8. The molecule has 0 radical (unpaired) electrons. The summed E-state index contributed by atoms with van der Waals surface area (Å²) >= 11 is 0. The van der Waals surface area contributed by atoms with Gasteiger partial charge in [-0.25, -0.2) is 4.79 Å². The highest BCUT2D eigenvalue weighted by Crippen LogP contribution is 2.32. The molecule has 0 heterocycles. The van der Waals surface area contributed by atoms with Crippen molar-refractivity contribution in [2.45, 2.75) is 46.5 Å². The Morgan fingerprint density at radius 1 is 0.964 bits per heavy atom. The van der Waals surface area contributed by atoms with E-state index in [1.807, 2.05) is 49.4 Å². The van der Waals surface area contributed by atoms with Crippen LogP contribution in [0.3, 0.4) is 0 Å². The second kappa shape index (κ2) is 9.88. The van der Waals surface area contributed by atoms with Gasteiger partial charge in [-0.3, -0.25) is 4.79 Å². The van der Waals surface area contributed by atoms with Crippen molar-refractivity contribution in [2.24, 2.45) is 0 Å². The van der Waals surface area contributed by atoms with Crippen LogP contribution >= 0.6 is 0 Å². The largest absolute Gasteiger partial charge is 0.452 e. The van der Waals surface area contributed by atoms with Crippen molar-refractivity contribution in [2.75, 3.05) is 11.9 Å². The number of nitrogens with one attached hydrogen (secondary N) is 1. The summed E-state index contributed by atoms with van der Waals surface area (Å²) in [5, 5.41) is 2.94. The van der Waals surface area contributed by atoms with Gasteiger partial charge in [0.2, 0.25) is 0 Å². The molecule has 0 aliphatic heterocycles. The van der Waals surface area contributed by atoms with E-state index < -0.39 is 5.97 Å². The molecule has 0 unspecified atom stereocenters. The van der Waals surface area contributed by atoms with E-state index >= 15 is 0 Å². The lowest BCUT2D eigenvalue weighted by atomic mass is 9.92. The first-order chi connectivity index (χ1) is 13.3. The van der Waals surface area contributed by atoms with E-state index in [-0.39, 0.29) is 24.3 Å². The molecule has 0 aromatic heterocycles. The molecule has 0 spiro atoms. The maximum absolute atomic E-state index is 12.4. The van der Waals surface area contributed by atoms with Crippen molar-refractivity contribution < 1.29 is 14.3 Å². The van der Waals surface area contributed by atoms with Crippen LogP contribution in [-0.2, 0) is 14.3 Å². The second-order valence-electron chi connectivity index (χ2n) is 7.52. The fourth-order valence-electron chi connectivity index (χ4n) is 2.90. The lowest BCUT2D eigenvalue weighted by molar-refractivity contribution is -0.142. The van der Waals surface area contributed by atoms with Crippen molar-refractivity contribution >= 4 is 23.6 Å². The molecule has 0 aliphatic rings. The molecular formula is C24H29NO3. The molecule has 4 heteroatoms. The summed E-state index contributed by atoms with van der Waals surface area (Å²) < 4.78 is 5.08. The number of aryl methyl sites for hydroxylation is 1. The Hall–Kier alpha value is -2.88. The molecule has 2 aromatic rings. The van der Waals surface area contributed by atoms with Gasteiger partial charge in [0.15, 0.2) is 6.61 Å². The molecule has 2 rings (SSSR count). The standard InChI is InChI=1S/C24H29NO3/c1-16(2)20-7-6-8-21(17(3)4)24(20)25-22(26)15-28-23(27)14-13-19-11-9-18(5)10-12-19/h6-14,16-17H,15H2,1-5H3,(H,25,26)/b14-13+. The first-order valence-electron chi connectivity index (χ1n) is 9.62. The summed E-state index contributed by atoms with van der Waals surface area (Å²) in [5.41, 5.74) is 5.03. The van der Waals surface area contributed by atoms with Crippen LogP contribution in [-0.4, -0.2) is 18.5 Å². The van der Waals surface area contributed by atoms with Gasteiger partial charge in [-0.05, 0) is 41.5 Å². The van der Waals surface area contributed by atoms with Gasteiger partial charge in [-0.2, -0.15) is 0 Å². The molecule has 28 heavy (non-hydrogen) atoms. The Balaban J connectivity index is 1.99. The maximum atomic E-state index is 12.4. The van der Waals surface area contributed by atoms with E-state index in [4.69, 9.17) is 4.74 Å². The van der Waals surface area contributed by atoms with E-state index in [0.29, 0.717) is 0 Å². The SMILES string of the molecule is Cc1ccc(/C=C/C(=O)OCC(=O)Nc2c(C(C)C)cccc2C(C)C)cc1. The van der Waals surface area contributed by atoms with Gasteiger partial charge in [0.25, 0.3) is 5.91 Å². The number of ether oxygens (including phenoxy) is 1. The Labute approximate surface area is 167 Å². The molecule has 0 saturated carbocycles. The number of anilines is 1. The summed E-state index contributed by atoms with van der Waals surface area (Å²) in [6.07, 6.45) is 3.00. The molecule has 0 aliphatic carbocycles. The van der Waals surface area contributed by atoms with Crippen LogP contribution in [0.1, 0.15) is 61.8 Å². The quantitative estimate of drug-likeness (QED) is 0.515. The summed E-state index contributed by atoms with van der Waals surface area (Å²) in [5.74, 6) is -0.341. The van der Waals surface area contributed by atoms with Crippen molar-refractivity contribution in [1.82, 2.24) is 0 Å². The number of hydrogen-bond acceptors (Lipinski definition) is 3. The fourth-order valence-corrected chi connectivity index (χ4v) is 2.90. The van der Waals surface area contributed by atoms with Gasteiger partial charge in [-0.15, -0.1) is 0 Å². The van der Waals surface area contributed by atoms with Crippen molar-refractivity contribution in [3.63, 3.8) is 0 Å². The summed E-state index contributed by atoms with van der Waals surface area (Å²) in [7, 11) is 0. The number of hydrogen-bond donors (Lipinski definition) is 1. The normalized spacial score (nSPS) is 11.2. The minimum absolute atomic E-state index is 0.272. The molecule has 0 atom stereocenters. The van der Waals surface area contributed by atoms with Gasteiger partial charge in [0.1, 0.15) is 0 Å². The minimum atomic E-state index is -0.544. The van der Waals surface area contributed by atoms with Crippen LogP contribution in [0.4, 0.5) is 5.69 Å². The van der Waals surface area contributed by atoms with Crippen molar-refractivity contribution in [3.05, 3.63) is 70.8 Å². The van der Waals surface area contributed by atoms with Gasteiger partial charge >= 0.3 is 5.97 Å².